The van der Waals surface area contributed by atoms with Crippen LogP contribution in [0.3, 0.4) is 0 Å². The van der Waals surface area contributed by atoms with E-state index in [1.807, 2.05) is 31.2 Å². The second kappa shape index (κ2) is 5.98. The van der Waals surface area contributed by atoms with E-state index in [9.17, 15) is 8.42 Å². The molecule has 2 fully saturated rings. The number of aromatic nitrogens is 2. The van der Waals surface area contributed by atoms with Gasteiger partial charge in [-0.05, 0) is 38.3 Å². The molecular formula is C17H21N3O3S. The average Bonchev–Trinajstić information content (AvgIpc) is 3.24. The Balaban J connectivity index is 1.64. The first-order chi connectivity index (χ1) is 11.6. The highest BCUT2D eigenvalue weighted by Gasteiger charge is 2.42. The summed E-state index contributed by atoms with van der Waals surface area (Å²) in [6.07, 6.45) is 5.91. The minimum absolute atomic E-state index is 0.0357. The van der Waals surface area contributed by atoms with E-state index in [1.165, 1.54) is 6.20 Å². The maximum atomic E-state index is 13.0. The lowest BCUT2D eigenvalue weighted by Crippen LogP contribution is -2.51. The molecule has 0 spiro atoms. The Bertz CT molecular complexity index is 829. The highest BCUT2D eigenvalue weighted by Crippen LogP contribution is 2.33. The van der Waals surface area contributed by atoms with Crippen LogP contribution in [0.1, 0.15) is 24.8 Å². The van der Waals surface area contributed by atoms with Gasteiger partial charge in [0, 0.05) is 6.54 Å². The molecule has 2 atom stereocenters. The fourth-order valence-electron chi connectivity index (χ4n) is 3.60. The molecule has 6 nitrogen and oxygen atoms in total. The van der Waals surface area contributed by atoms with Crippen molar-refractivity contribution in [2.24, 2.45) is 0 Å². The molecule has 1 saturated carbocycles. The smallest absolute Gasteiger partial charge is 0.246 e. The zero-order valence-corrected chi connectivity index (χ0v) is 14.4. The fraction of sp³-hybridized carbons (Fsp3) is 0.471. The van der Waals surface area contributed by atoms with Crippen molar-refractivity contribution in [3.63, 3.8) is 0 Å². The molecule has 1 aliphatic carbocycles. The molecule has 1 aliphatic heterocycles. The topological polar surface area (TPSA) is 64.4 Å². The Kier molecular flexibility index (Phi) is 3.94. The predicted octanol–water partition coefficient (Wildman–Crippen LogP) is 2.12. The summed E-state index contributed by atoms with van der Waals surface area (Å²) in [7, 11) is -3.54. The molecule has 2 aromatic rings. The van der Waals surface area contributed by atoms with Crippen LogP contribution in [0.5, 0.6) is 0 Å². The maximum absolute atomic E-state index is 13.0. The number of morpholine rings is 1. The Hall–Kier alpha value is -1.70. The van der Waals surface area contributed by atoms with E-state index in [4.69, 9.17) is 4.74 Å². The van der Waals surface area contributed by atoms with Gasteiger partial charge in [0.1, 0.15) is 4.90 Å². The lowest BCUT2D eigenvalue weighted by atomic mass is 10.2. The Morgan fingerprint density at radius 2 is 2.00 bits per heavy atom. The molecule has 1 aromatic carbocycles. The monoisotopic (exact) mass is 347 g/mol. The van der Waals surface area contributed by atoms with Crippen LogP contribution < -0.4 is 0 Å². The molecule has 0 radical (unpaired) electrons. The van der Waals surface area contributed by atoms with Gasteiger partial charge in [-0.2, -0.15) is 9.40 Å². The number of fused-ring (bicyclic) bond motifs is 1. The van der Waals surface area contributed by atoms with Crippen LogP contribution >= 0.6 is 0 Å². The molecule has 2 heterocycles. The van der Waals surface area contributed by atoms with E-state index in [0.717, 1.165) is 30.5 Å². The minimum Gasteiger partial charge on any atom is -0.375 e. The van der Waals surface area contributed by atoms with Crippen LogP contribution in [-0.4, -0.2) is 47.8 Å². The zero-order chi connectivity index (χ0) is 16.7. The Morgan fingerprint density at radius 1 is 1.21 bits per heavy atom. The average molecular weight is 347 g/mol. The molecule has 128 valence electrons. The van der Waals surface area contributed by atoms with E-state index in [0.29, 0.717) is 13.2 Å². The van der Waals surface area contributed by atoms with Crippen molar-refractivity contribution in [2.75, 3.05) is 13.2 Å². The first kappa shape index (κ1) is 15.8. The van der Waals surface area contributed by atoms with E-state index in [-0.39, 0.29) is 17.0 Å². The summed E-state index contributed by atoms with van der Waals surface area (Å²) in [5.41, 5.74) is 2.00. The third-order valence-electron chi connectivity index (χ3n) is 4.90. The summed E-state index contributed by atoms with van der Waals surface area (Å²) >= 11 is 0. The van der Waals surface area contributed by atoms with Gasteiger partial charge in [-0.3, -0.25) is 0 Å². The second-order valence-corrected chi connectivity index (χ2v) is 8.37. The first-order valence-electron chi connectivity index (χ1n) is 8.31. The van der Waals surface area contributed by atoms with E-state index in [1.54, 1.807) is 15.2 Å². The van der Waals surface area contributed by atoms with Gasteiger partial charge in [0.2, 0.25) is 10.0 Å². The van der Waals surface area contributed by atoms with Gasteiger partial charge in [-0.15, -0.1) is 0 Å². The lowest BCUT2D eigenvalue weighted by molar-refractivity contribution is -0.0241. The summed E-state index contributed by atoms with van der Waals surface area (Å²) in [6, 6.07) is 7.79. The third-order valence-corrected chi connectivity index (χ3v) is 6.77. The van der Waals surface area contributed by atoms with Crippen molar-refractivity contribution in [1.29, 1.82) is 0 Å². The van der Waals surface area contributed by atoms with Crippen molar-refractivity contribution in [3.8, 4) is 5.69 Å². The van der Waals surface area contributed by atoms with Crippen molar-refractivity contribution in [1.82, 2.24) is 14.1 Å². The first-order valence-corrected chi connectivity index (χ1v) is 9.75. The fourth-order valence-corrected chi connectivity index (χ4v) is 5.20. The highest BCUT2D eigenvalue weighted by molar-refractivity contribution is 7.89. The standard InChI is InChI=1S/C17H21N3O3S/c1-13-5-7-14(8-6-13)19-12-15(11-18-19)24(21,22)20-9-10-23-17-4-2-3-16(17)20/h5-8,11-12,16-17H,2-4,9-10H2,1H3/t16-,17+/m0/s1. The molecule has 2 aliphatic rings. The molecule has 24 heavy (non-hydrogen) atoms. The number of benzene rings is 1. The van der Waals surface area contributed by atoms with Gasteiger partial charge in [-0.25, -0.2) is 13.1 Å². The van der Waals surface area contributed by atoms with Crippen LogP contribution in [0.25, 0.3) is 5.69 Å². The molecule has 4 rings (SSSR count). The van der Waals surface area contributed by atoms with Crippen molar-refractivity contribution in [2.45, 2.75) is 43.2 Å². The van der Waals surface area contributed by atoms with Gasteiger partial charge < -0.3 is 4.74 Å². The van der Waals surface area contributed by atoms with Gasteiger partial charge in [0.25, 0.3) is 0 Å². The number of sulfonamides is 1. The summed E-state index contributed by atoms with van der Waals surface area (Å²) in [6.45, 7) is 2.89. The molecule has 1 aromatic heterocycles. The molecular weight excluding hydrogens is 326 g/mol. The van der Waals surface area contributed by atoms with Crippen LogP contribution in [0.2, 0.25) is 0 Å². The molecule has 7 heteroatoms. The highest BCUT2D eigenvalue weighted by atomic mass is 32.2. The summed E-state index contributed by atoms with van der Waals surface area (Å²) in [5.74, 6) is 0. The molecule has 0 unspecified atom stereocenters. The normalized spacial score (nSPS) is 24.9. The third kappa shape index (κ3) is 2.66. The van der Waals surface area contributed by atoms with Gasteiger partial charge in [0.05, 0.1) is 36.8 Å². The summed E-state index contributed by atoms with van der Waals surface area (Å²) in [4.78, 5) is 0.246. The van der Waals surface area contributed by atoms with Gasteiger partial charge in [-0.1, -0.05) is 17.7 Å². The SMILES string of the molecule is Cc1ccc(-n2cc(S(=O)(=O)N3CCO[C@@H]4CCC[C@@H]43)cn2)cc1. The van der Waals surface area contributed by atoms with E-state index >= 15 is 0 Å². The van der Waals surface area contributed by atoms with Crippen molar-refractivity contribution < 1.29 is 13.2 Å². The summed E-state index contributed by atoms with van der Waals surface area (Å²) in [5, 5.41) is 4.24. The molecule has 1 saturated heterocycles. The quantitative estimate of drug-likeness (QED) is 0.853. The minimum atomic E-state index is -3.54. The molecule has 0 bridgehead atoms. The molecule has 0 N–H and O–H groups in total. The molecule has 0 amide bonds. The second-order valence-electron chi connectivity index (χ2n) is 6.48. The largest absolute Gasteiger partial charge is 0.375 e. The number of hydrogen-bond acceptors (Lipinski definition) is 4. The van der Waals surface area contributed by atoms with Gasteiger partial charge >= 0.3 is 0 Å². The van der Waals surface area contributed by atoms with Crippen LogP contribution in [0, 0.1) is 6.92 Å². The number of aryl methyl sites for hydroxylation is 1. The number of nitrogens with zero attached hydrogens (tertiary/aromatic N) is 3. The Labute approximate surface area is 142 Å². The maximum Gasteiger partial charge on any atom is 0.246 e. The van der Waals surface area contributed by atoms with Crippen molar-refractivity contribution in [3.05, 3.63) is 42.2 Å². The number of ether oxygens (including phenoxy) is 1. The van der Waals surface area contributed by atoms with Gasteiger partial charge in [0.15, 0.2) is 0 Å². The van der Waals surface area contributed by atoms with E-state index in [2.05, 4.69) is 5.10 Å². The van der Waals surface area contributed by atoms with Crippen LogP contribution in [0.4, 0.5) is 0 Å². The zero-order valence-electron chi connectivity index (χ0n) is 13.6. The number of rotatable bonds is 3. The van der Waals surface area contributed by atoms with E-state index < -0.39 is 10.0 Å². The Morgan fingerprint density at radius 3 is 2.79 bits per heavy atom. The summed E-state index contributed by atoms with van der Waals surface area (Å²) < 4.78 is 35.0. The lowest BCUT2D eigenvalue weighted by Gasteiger charge is -2.36. The van der Waals surface area contributed by atoms with Crippen LogP contribution in [-0.2, 0) is 14.8 Å². The number of hydrogen-bond donors (Lipinski definition) is 0. The van der Waals surface area contributed by atoms with Crippen LogP contribution in [0.15, 0.2) is 41.6 Å². The predicted molar refractivity (Wildman–Crippen MR) is 89.6 cm³/mol. The van der Waals surface area contributed by atoms with Crippen molar-refractivity contribution >= 4 is 10.0 Å².